The molecule has 3 heteroatoms. The van der Waals surface area contributed by atoms with E-state index < -0.39 is 0 Å². The van der Waals surface area contributed by atoms with E-state index in [2.05, 4.69) is 11.4 Å². The number of benzene rings is 1. The molecule has 1 aliphatic carbocycles. The Balaban J connectivity index is 1.91. The summed E-state index contributed by atoms with van der Waals surface area (Å²) in [5, 5.41) is 4.74. The van der Waals surface area contributed by atoms with Crippen LogP contribution in [0, 0.1) is 5.92 Å². The Morgan fingerprint density at radius 3 is 2.69 bits per heavy atom. The molecular formula is C13H17Cl2N. The lowest BCUT2D eigenvalue weighted by molar-refractivity contribution is 0.247. The smallest absolute Gasteiger partial charge is 0.0455 e. The molecule has 1 fully saturated rings. The van der Waals surface area contributed by atoms with Gasteiger partial charge in [0.2, 0.25) is 0 Å². The molecule has 0 spiro atoms. The van der Waals surface area contributed by atoms with E-state index in [1.54, 1.807) is 0 Å². The SMILES string of the molecule is CNCCC1CC(c2ccc(Cl)cc2Cl)C1. The van der Waals surface area contributed by atoms with Gasteiger partial charge in [-0.2, -0.15) is 0 Å². The van der Waals surface area contributed by atoms with Crippen molar-refractivity contribution in [3.8, 4) is 0 Å². The van der Waals surface area contributed by atoms with Crippen molar-refractivity contribution >= 4 is 23.2 Å². The fourth-order valence-electron chi connectivity index (χ4n) is 2.41. The molecule has 0 saturated heterocycles. The first-order chi connectivity index (χ1) is 7.70. The second kappa shape index (κ2) is 5.39. The first-order valence-electron chi connectivity index (χ1n) is 5.80. The van der Waals surface area contributed by atoms with Crippen molar-refractivity contribution in [3.63, 3.8) is 0 Å². The first kappa shape index (κ1) is 12.2. The molecule has 1 aromatic carbocycles. The molecule has 1 aliphatic rings. The van der Waals surface area contributed by atoms with Crippen LogP contribution in [0.25, 0.3) is 0 Å². The van der Waals surface area contributed by atoms with E-state index in [1.807, 2.05) is 19.2 Å². The monoisotopic (exact) mass is 257 g/mol. The Kier molecular flexibility index (Phi) is 4.12. The lowest BCUT2D eigenvalue weighted by atomic mass is 9.70. The van der Waals surface area contributed by atoms with Crippen molar-refractivity contribution < 1.29 is 0 Å². The standard InChI is InChI=1S/C13H17Cl2N/c1-16-5-4-9-6-10(7-9)12-3-2-11(14)8-13(12)15/h2-3,8-10,16H,4-7H2,1H3. The van der Waals surface area contributed by atoms with E-state index >= 15 is 0 Å². The van der Waals surface area contributed by atoms with Gasteiger partial charge in [0, 0.05) is 10.0 Å². The van der Waals surface area contributed by atoms with Crippen molar-refractivity contribution in [3.05, 3.63) is 33.8 Å². The number of hydrogen-bond acceptors (Lipinski definition) is 1. The highest BCUT2D eigenvalue weighted by Gasteiger charge is 2.30. The molecule has 2 rings (SSSR count). The van der Waals surface area contributed by atoms with E-state index in [4.69, 9.17) is 23.2 Å². The summed E-state index contributed by atoms with van der Waals surface area (Å²) in [5.41, 5.74) is 1.27. The fourth-order valence-corrected chi connectivity index (χ4v) is 2.97. The van der Waals surface area contributed by atoms with E-state index in [-0.39, 0.29) is 0 Å². The predicted molar refractivity (Wildman–Crippen MR) is 70.5 cm³/mol. The van der Waals surface area contributed by atoms with Gasteiger partial charge in [0.25, 0.3) is 0 Å². The molecule has 0 heterocycles. The van der Waals surface area contributed by atoms with Crippen LogP contribution in [0.3, 0.4) is 0 Å². The molecule has 1 N–H and O–H groups in total. The van der Waals surface area contributed by atoms with Gasteiger partial charge in [0.1, 0.15) is 0 Å². The first-order valence-corrected chi connectivity index (χ1v) is 6.56. The molecule has 0 unspecified atom stereocenters. The summed E-state index contributed by atoms with van der Waals surface area (Å²) in [7, 11) is 2.01. The molecule has 0 atom stereocenters. The Bertz CT molecular complexity index is 359. The number of hydrogen-bond donors (Lipinski definition) is 1. The van der Waals surface area contributed by atoms with Crippen molar-refractivity contribution in [2.24, 2.45) is 5.92 Å². The number of rotatable bonds is 4. The minimum absolute atomic E-state index is 0.645. The lowest BCUT2D eigenvalue weighted by Crippen LogP contribution is -2.25. The van der Waals surface area contributed by atoms with Crippen LogP contribution in [-0.4, -0.2) is 13.6 Å². The molecular weight excluding hydrogens is 241 g/mol. The Labute approximate surface area is 107 Å². The van der Waals surface area contributed by atoms with Gasteiger partial charge in [0.05, 0.1) is 0 Å². The summed E-state index contributed by atoms with van der Waals surface area (Å²) < 4.78 is 0. The third-order valence-corrected chi connectivity index (χ3v) is 4.00. The largest absolute Gasteiger partial charge is 0.320 e. The van der Waals surface area contributed by atoms with Crippen LogP contribution >= 0.6 is 23.2 Å². The highest BCUT2D eigenvalue weighted by molar-refractivity contribution is 6.35. The van der Waals surface area contributed by atoms with Gasteiger partial charge in [-0.15, -0.1) is 0 Å². The third kappa shape index (κ3) is 2.71. The van der Waals surface area contributed by atoms with Gasteiger partial charge in [-0.3, -0.25) is 0 Å². The summed E-state index contributed by atoms with van der Waals surface area (Å²) in [6.07, 6.45) is 3.81. The Morgan fingerprint density at radius 1 is 1.31 bits per heavy atom. The van der Waals surface area contributed by atoms with Gasteiger partial charge in [-0.25, -0.2) is 0 Å². The van der Waals surface area contributed by atoms with Crippen LogP contribution in [0.4, 0.5) is 0 Å². The highest BCUT2D eigenvalue weighted by Crippen LogP contribution is 2.45. The Morgan fingerprint density at radius 2 is 2.06 bits per heavy atom. The van der Waals surface area contributed by atoms with Gasteiger partial charge >= 0.3 is 0 Å². The van der Waals surface area contributed by atoms with Crippen molar-refractivity contribution in [2.75, 3.05) is 13.6 Å². The highest BCUT2D eigenvalue weighted by atomic mass is 35.5. The van der Waals surface area contributed by atoms with E-state index in [1.165, 1.54) is 24.8 Å². The lowest BCUT2D eigenvalue weighted by Gasteiger charge is -2.36. The topological polar surface area (TPSA) is 12.0 Å². The number of halogens is 2. The minimum Gasteiger partial charge on any atom is -0.320 e. The fraction of sp³-hybridized carbons (Fsp3) is 0.538. The van der Waals surface area contributed by atoms with Crippen LogP contribution in [0.15, 0.2) is 18.2 Å². The summed E-state index contributed by atoms with van der Waals surface area (Å²) in [6, 6.07) is 5.85. The molecule has 88 valence electrons. The number of nitrogens with one attached hydrogen (secondary N) is 1. The van der Waals surface area contributed by atoms with Crippen LogP contribution < -0.4 is 5.32 Å². The van der Waals surface area contributed by atoms with E-state index in [9.17, 15) is 0 Å². The molecule has 0 bridgehead atoms. The minimum atomic E-state index is 0.645. The maximum absolute atomic E-state index is 6.19. The van der Waals surface area contributed by atoms with Crippen molar-refractivity contribution in [1.29, 1.82) is 0 Å². The summed E-state index contributed by atoms with van der Waals surface area (Å²) in [6.45, 7) is 1.12. The van der Waals surface area contributed by atoms with Gasteiger partial charge in [-0.05, 0) is 62.4 Å². The molecule has 0 aliphatic heterocycles. The van der Waals surface area contributed by atoms with Crippen LogP contribution in [0.5, 0.6) is 0 Å². The quantitative estimate of drug-likeness (QED) is 0.857. The maximum atomic E-state index is 6.19. The zero-order valence-electron chi connectivity index (χ0n) is 9.47. The molecule has 16 heavy (non-hydrogen) atoms. The molecule has 1 saturated carbocycles. The van der Waals surface area contributed by atoms with E-state index in [0.717, 1.165) is 22.5 Å². The van der Waals surface area contributed by atoms with Crippen molar-refractivity contribution in [1.82, 2.24) is 5.32 Å². The third-order valence-electron chi connectivity index (χ3n) is 3.44. The van der Waals surface area contributed by atoms with Crippen LogP contribution in [-0.2, 0) is 0 Å². The van der Waals surface area contributed by atoms with Gasteiger partial charge in [0.15, 0.2) is 0 Å². The van der Waals surface area contributed by atoms with Crippen molar-refractivity contribution in [2.45, 2.75) is 25.2 Å². The second-order valence-electron chi connectivity index (χ2n) is 4.59. The van der Waals surface area contributed by atoms with Crippen LogP contribution in [0.1, 0.15) is 30.7 Å². The molecule has 0 aromatic heterocycles. The maximum Gasteiger partial charge on any atom is 0.0455 e. The normalized spacial score (nSPS) is 24.2. The summed E-state index contributed by atoms with van der Waals surface area (Å²) >= 11 is 12.1. The zero-order chi connectivity index (χ0) is 11.5. The van der Waals surface area contributed by atoms with E-state index in [0.29, 0.717) is 5.92 Å². The summed E-state index contributed by atoms with van der Waals surface area (Å²) in [5.74, 6) is 1.51. The second-order valence-corrected chi connectivity index (χ2v) is 5.44. The average Bonchev–Trinajstić information content (AvgIpc) is 2.18. The van der Waals surface area contributed by atoms with Crippen LogP contribution in [0.2, 0.25) is 10.0 Å². The summed E-state index contributed by atoms with van der Waals surface area (Å²) in [4.78, 5) is 0. The predicted octanol–water partition coefficient (Wildman–Crippen LogP) is 4.10. The molecule has 0 radical (unpaired) electrons. The zero-order valence-corrected chi connectivity index (χ0v) is 11.0. The molecule has 1 aromatic rings. The van der Waals surface area contributed by atoms with Gasteiger partial charge < -0.3 is 5.32 Å². The molecule has 1 nitrogen and oxygen atoms in total. The Hall–Kier alpha value is -0.240. The van der Waals surface area contributed by atoms with Gasteiger partial charge in [-0.1, -0.05) is 29.3 Å². The molecule has 0 amide bonds. The average molecular weight is 258 g/mol.